The lowest BCUT2D eigenvalue weighted by Crippen LogP contribution is -1.81. The summed E-state index contributed by atoms with van der Waals surface area (Å²) < 4.78 is 5.30. The zero-order valence-electron chi connectivity index (χ0n) is 6.46. The van der Waals surface area contributed by atoms with Crippen LogP contribution in [0.4, 0.5) is 0 Å². The van der Waals surface area contributed by atoms with Crippen molar-refractivity contribution >= 4 is 11.1 Å². The number of hydrogen-bond acceptors (Lipinski definition) is 3. The van der Waals surface area contributed by atoms with Gasteiger partial charge in [0, 0.05) is 0 Å². The molecule has 0 bridgehead atoms. The first kappa shape index (κ1) is 6.34. The molecule has 0 amide bonds. The molecule has 2 aromatic rings. The lowest BCUT2D eigenvalue weighted by Gasteiger charge is -1.88. The summed E-state index contributed by atoms with van der Waals surface area (Å²) in [6.45, 7) is 3.85. The minimum Gasteiger partial charge on any atom is -0.443 e. The van der Waals surface area contributed by atoms with E-state index in [-0.39, 0.29) is 0 Å². The van der Waals surface area contributed by atoms with Crippen LogP contribution in [0.5, 0.6) is 0 Å². The minimum atomic E-state index is 0.676. The fourth-order valence-corrected chi connectivity index (χ4v) is 1.09. The number of nitrogens with zero attached hydrogens (tertiary/aromatic N) is 2. The van der Waals surface area contributed by atoms with Gasteiger partial charge in [0.1, 0.15) is 12.1 Å². The van der Waals surface area contributed by atoms with Crippen molar-refractivity contribution in [1.82, 2.24) is 9.97 Å². The molecule has 0 unspecified atom stereocenters. The minimum absolute atomic E-state index is 0.676. The molecule has 3 heteroatoms. The first-order valence-corrected chi connectivity index (χ1v) is 3.45. The number of hydrogen-bond donors (Lipinski definition) is 0. The van der Waals surface area contributed by atoms with Gasteiger partial charge in [-0.05, 0) is 19.9 Å². The smallest absolute Gasteiger partial charge is 0.229 e. The summed E-state index contributed by atoms with van der Waals surface area (Å²) in [6, 6.07) is 1.95. The van der Waals surface area contributed by atoms with Crippen LogP contribution in [-0.2, 0) is 0 Å². The van der Waals surface area contributed by atoms with Crippen LogP contribution in [0, 0.1) is 13.8 Å². The molecule has 0 saturated heterocycles. The zero-order valence-corrected chi connectivity index (χ0v) is 6.46. The summed E-state index contributed by atoms with van der Waals surface area (Å²) in [6.07, 6.45) is 1.51. The molecule has 3 nitrogen and oxygen atoms in total. The first-order chi connectivity index (χ1) is 5.27. The zero-order chi connectivity index (χ0) is 7.84. The van der Waals surface area contributed by atoms with Gasteiger partial charge in [0.05, 0.1) is 11.1 Å². The molecule has 11 heavy (non-hydrogen) atoms. The maximum absolute atomic E-state index is 5.30. The molecule has 0 fully saturated rings. The van der Waals surface area contributed by atoms with Gasteiger partial charge < -0.3 is 4.42 Å². The van der Waals surface area contributed by atoms with Gasteiger partial charge in [-0.25, -0.2) is 9.97 Å². The fourth-order valence-electron chi connectivity index (χ4n) is 1.09. The second-order valence-corrected chi connectivity index (χ2v) is 2.53. The van der Waals surface area contributed by atoms with E-state index in [1.807, 2.05) is 19.9 Å². The number of aryl methyl sites for hydroxylation is 2. The van der Waals surface area contributed by atoms with E-state index in [9.17, 15) is 0 Å². The highest BCUT2D eigenvalue weighted by Gasteiger charge is 2.03. The van der Waals surface area contributed by atoms with E-state index in [1.165, 1.54) is 6.33 Å². The van der Waals surface area contributed by atoms with Crippen molar-refractivity contribution in [1.29, 1.82) is 0 Å². The third-order valence-electron chi connectivity index (χ3n) is 1.65. The molecule has 0 aliphatic carbocycles. The largest absolute Gasteiger partial charge is 0.443 e. The summed E-state index contributed by atoms with van der Waals surface area (Å²) in [7, 11) is 0. The maximum Gasteiger partial charge on any atom is 0.229 e. The van der Waals surface area contributed by atoms with Gasteiger partial charge in [0.2, 0.25) is 5.71 Å². The molecule has 0 spiro atoms. The highest BCUT2D eigenvalue weighted by atomic mass is 16.3. The van der Waals surface area contributed by atoms with Gasteiger partial charge in [-0.2, -0.15) is 0 Å². The van der Waals surface area contributed by atoms with Crippen LogP contribution in [0.15, 0.2) is 16.8 Å². The molecule has 0 atom stereocenters. The van der Waals surface area contributed by atoms with Crippen molar-refractivity contribution in [3.05, 3.63) is 23.8 Å². The van der Waals surface area contributed by atoms with Crippen molar-refractivity contribution in [2.45, 2.75) is 13.8 Å². The Kier molecular flexibility index (Phi) is 1.18. The van der Waals surface area contributed by atoms with E-state index < -0.39 is 0 Å². The summed E-state index contributed by atoms with van der Waals surface area (Å²) in [5.41, 5.74) is 1.64. The van der Waals surface area contributed by atoms with Gasteiger partial charge in [-0.1, -0.05) is 0 Å². The second kappa shape index (κ2) is 2.05. The van der Waals surface area contributed by atoms with Crippen LogP contribution in [0.3, 0.4) is 0 Å². The molecule has 2 rings (SSSR count). The SMILES string of the molecule is Cc1cc2c(C)ncnc2o1. The summed E-state index contributed by atoms with van der Waals surface area (Å²) in [5, 5.41) is 1.00. The van der Waals surface area contributed by atoms with Crippen molar-refractivity contribution in [3.63, 3.8) is 0 Å². The Hall–Kier alpha value is -1.38. The predicted molar refractivity (Wildman–Crippen MR) is 41.3 cm³/mol. The normalized spacial score (nSPS) is 10.7. The van der Waals surface area contributed by atoms with Gasteiger partial charge >= 0.3 is 0 Å². The van der Waals surface area contributed by atoms with Gasteiger partial charge in [0.15, 0.2) is 0 Å². The van der Waals surface area contributed by atoms with E-state index in [0.29, 0.717) is 5.71 Å². The number of rotatable bonds is 0. The van der Waals surface area contributed by atoms with E-state index >= 15 is 0 Å². The van der Waals surface area contributed by atoms with Crippen LogP contribution in [-0.4, -0.2) is 9.97 Å². The highest BCUT2D eigenvalue weighted by Crippen LogP contribution is 2.17. The molecule has 0 saturated carbocycles. The quantitative estimate of drug-likeness (QED) is 0.572. The van der Waals surface area contributed by atoms with Gasteiger partial charge in [-0.3, -0.25) is 0 Å². The molecule has 0 N–H and O–H groups in total. The average molecular weight is 148 g/mol. The van der Waals surface area contributed by atoms with Crippen LogP contribution >= 0.6 is 0 Å². The molecule has 0 aliphatic rings. The number of aromatic nitrogens is 2. The lowest BCUT2D eigenvalue weighted by molar-refractivity contribution is 0.567. The molecular weight excluding hydrogens is 140 g/mol. The van der Waals surface area contributed by atoms with E-state index in [4.69, 9.17) is 4.42 Å². The molecule has 2 heterocycles. The van der Waals surface area contributed by atoms with E-state index in [1.54, 1.807) is 0 Å². The highest BCUT2D eigenvalue weighted by molar-refractivity contribution is 5.76. The van der Waals surface area contributed by atoms with Crippen LogP contribution in [0.1, 0.15) is 11.5 Å². The van der Waals surface area contributed by atoms with E-state index in [0.717, 1.165) is 16.8 Å². The Bertz CT molecular complexity index is 392. The Labute approximate surface area is 64.1 Å². The number of furan rings is 1. The Morgan fingerprint density at radius 3 is 2.82 bits per heavy atom. The Morgan fingerprint density at radius 1 is 1.27 bits per heavy atom. The van der Waals surface area contributed by atoms with Crippen molar-refractivity contribution in [3.8, 4) is 0 Å². The summed E-state index contributed by atoms with van der Waals surface area (Å²) in [5.74, 6) is 0.878. The molecule has 0 radical (unpaired) electrons. The third kappa shape index (κ3) is 0.888. The summed E-state index contributed by atoms with van der Waals surface area (Å²) >= 11 is 0. The van der Waals surface area contributed by atoms with Crippen molar-refractivity contribution < 1.29 is 4.42 Å². The molecule has 0 aromatic carbocycles. The van der Waals surface area contributed by atoms with Crippen molar-refractivity contribution in [2.24, 2.45) is 0 Å². The number of fused-ring (bicyclic) bond motifs is 1. The molecule has 56 valence electrons. The molecule has 2 aromatic heterocycles. The van der Waals surface area contributed by atoms with Gasteiger partial charge in [-0.15, -0.1) is 0 Å². The average Bonchev–Trinajstić information content (AvgIpc) is 2.31. The fraction of sp³-hybridized carbons (Fsp3) is 0.250. The van der Waals surface area contributed by atoms with Crippen LogP contribution in [0.2, 0.25) is 0 Å². The van der Waals surface area contributed by atoms with Crippen molar-refractivity contribution in [2.75, 3.05) is 0 Å². The maximum atomic E-state index is 5.30. The molecule has 0 aliphatic heterocycles. The van der Waals surface area contributed by atoms with Gasteiger partial charge in [0.25, 0.3) is 0 Å². The van der Waals surface area contributed by atoms with Crippen LogP contribution in [0.25, 0.3) is 11.1 Å². The molecular formula is C8H8N2O. The Morgan fingerprint density at radius 2 is 2.09 bits per heavy atom. The summed E-state index contributed by atoms with van der Waals surface area (Å²) in [4.78, 5) is 8.03. The first-order valence-electron chi connectivity index (χ1n) is 3.45. The van der Waals surface area contributed by atoms with Crippen LogP contribution < -0.4 is 0 Å². The third-order valence-corrected chi connectivity index (χ3v) is 1.65. The lowest BCUT2D eigenvalue weighted by atomic mass is 10.3. The second-order valence-electron chi connectivity index (χ2n) is 2.53. The monoisotopic (exact) mass is 148 g/mol. The standard InChI is InChI=1S/C8H8N2O/c1-5-3-7-6(2)9-4-10-8(7)11-5/h3-4H,1-2H3. The van der Waals surface area contributed by atoms with E-state index in [2.05, 4.69) is 9.97 Å². The predicted octanol–water partition coefficient (Wildman–Crippen LogP) is 1.84. The Balaban J connectivity index is 2.90. The topological polar surface area (TPSA) is 38.9 Å².